The highest BCUT2D eigenvalue weighted by Gasteiger charge is 2.27. The zero-order valence-corrected chi connectivity index (χ0v) is 19.5. The fraction of sp³-hybridized carbons (Fsp3) is 0.600. The fourth-order valence-corrected chi connectivity index (χ4v) is 4.34. The molecule has 1 saturated heterocycles. The molecule has 2 atom stereocenters. The number of phenols is 1. The summed E-state index contributed by atoms with van der Waals surface area (Å²) in [5.41, 5.74) is 1.32. The lowest BCUT2D eigenvalue weighted by Gasteiger charge is -2.22. The molecule has 8 heteroatoms. The van der Waals surface area contributed by atoms with Gasteiger partial charge in [-0.2, -0.15) is 0 Å². The minimum absolute atomic E-state index is 0.0536. The number of benzene rings is 1. The molecule has 2 N–H and O–H groups in total. The molecule has 0 saturated carbocycles. The number of carbonyl (C=O) groups excluding carboxylic acids is 4. The first kappa shape index (κ1) is 24.9. The van der Waals surface area contributed by atoms with Gasteiger partial charge in [0.1, 0.15) is 17.4 Å². The van der Waals surface area contributed by atoms with Gasteiger partial charge in [0, 0.05) is 37.7 Å². The molecule has 0 bridgehead atoms. The molecule has 0 aliphatic carbocycles. The number of esters is 1. The molecular formula is C25H34N2O6. The second-order valence-corrected chi connectivity index (χ2v) is 9.16. The van der Waals surface area contributed by atoms with Crippen molar-refractivity contribution in [3.05, 3.63) is 23.3 Å². The van der Waals surface area contributed by atoms with E-state index in [-0.39, 0.29) is 42.9 Å². The maximum absolute atomic E-state index is 12.9. The van der Waals surface area contributed by atoms with Gasteiger partial charge < -0.3 is 20.1 Å². The van der Waals surface area contributed by atoms with Crippen LogP contribution in [0.15, 0.2) is 12.1 Å². The number of hydrogen-bond acceptors (Lipinski definition) is 8. The number of nitrogens with one attached hydrogen (secondary N) is 1. The summed E-state index contributed by atoms with van der Waals surface area (Å²) in [6, 6.07) is 3.31. The van der Waals surface area contributed by atoms with E-state index in [2.05, 4.69) is 10.2 Å². The number of nitrogens with zero attached hydrogens (tertiary/aromatic N) is 1. The van der Waals surface area contributed by atoms with Crippen molar-refractivity contribution in [2.75, 3.05) is 31.5 Å². The van der Waals surface area contributed by atoms with Crippen LogP contribution in [0.1, 0.15) is 68.3 Å². The summed E-state index contributed by atoms with van der Waals surface area (Å²) in [6.45, 7) is 7.31. The third-order valence-corrected chi connectivity index (χ3v) is 6.64. The van der Waals surface area contributed by atoms with Crippen molar-refractivity contribution in [1.29, 1.82) is 0 Å². The molecule has 0 radical (unpaired) electrons. The van der Waals surface area contributed by atoms with Crippen LogP contribution in [0.2, 0.25) is 0 Å². The molecule has 2 heterocycles. The van der Waals surface area contributed by atoms with Gasteiger partial charge in [-0.15, -0.1) is 0 Å². The fourth-order valence-electron chi connectivity index (χ4n) is 4.34. The molecular weight excluding hydrogens is 424 g/mol. The van der Waals surface area contributed by atoms with Crippen LogP contribution in [0, 0.1) is 5.92 Å². The monoisotopic (exact) mass is 458 g/mol. The molecule has 2 aliphatic rings. The molecule has 8 nitrogen and oxygen atoms in total. The lowest BCUT2D eigenvalue weighted by molar-refractivity contribution is -0.144. The van der Waals surface area contributed by atoms with Gasteiger partial charge >= 0.3 is 5.97 Å². The van der Waals surface area contributed by atoms with Gasteiger partial charge in [0.05, 0.1) is 0 Å². The van der Waals surface area contributed by atoms with Crippen LogP contribution in [-0.2, 0) is 25.5 Å². The Bertz CT molecular complexity index is 906. The van der Waals surface area contributed by atoms with Gasteiger partial charge in [-0.1, -0.05) is 6.92 Å². The van der Waals surface area contributed by atoms with E-state index in [1.807, 2.05) is 6.92 Å². The molecule has 180 valence electrons. The van der Waals surface area contributed by atoms with Crippen molar-refractivity contribution >= 4 is 29.0 Å². The highest BCUT2D eigenvalue weighted by atomic mass is 16.5. The van der Waals surface area contributed by atoms with Crippen LogP contribution in [0.5, 0.6) is 5.75 Å². The minimum Gasteiger partial charge on any atom is -0.507 e. The number of Topliss-reactive ketones (excluding diaryl/α,β-unsaturated/α-hetero) is 3. The van der Waals surface area contributed by atoms with E-state index in [4.69, 9.17) is 4.74 Å². The van der Waals surface area contributed by atoms with Crippen molar-refractivity contribution in [2.24, 2.45) is 5.92 Å². The van der Waals surface area contributed by atoms with Crippen molar-refractivity contribution in [3.8, 4) is 5.75 Å². The van der Waals surface area contributed by atoms with Gasteiger partial charge in [0.15, 0.2) is 0 Å². The standard InChI is InChI=1S/C25H34N2O6/c1-16-8-9-21(29)24(31)20(28)7-5-6-18-14-19(26-10-13-27-11-3-4-12-27)15-22(30)23(18)25(32)33-17(16)2/h14-17,26,30H,3-13H2,1-2H3/t16-,17+/m1/s1. The molecule has 0 amide bonds. The number of phenolic OH excluding ortho intramolecular Hbond substituents is 1. The number of hydrogen-bond donors (Lipinski definition) is 2. The maximum atomic E-state index is 12.9. The second-order valence-electron chi connectivity index (χ2n) is 9.16. The first-order valence-corrected chi connectivity index (χ1v) is 11.9. The Hall–Kier alpha value is -2.74. The SMILES string of the molecule is C[C@@H]1CCC(=O)C(=O)C(=O)CCCc2cc(NCCN3CCCC3)cc(O)c2C(=O)O[C@H]1C. The molecule has 1 aromatic carbocycles. The van der Waals surface area contributed by atoms with Crippen LogP contribution in [0.25, 0.3) is 0 Å². The summed E-state index contributed by atoms with van der Waals surface area (Å²) in [5.74, 6) is -3.34. The zero-order chi connectivity index (χ0) is 24.0. The van der Waals surface area contributed by atoms with E-state index >= 15 is 0 Å². The maximum Gasteiger partial charge on any atom is 0.342 e. The predicted octanol–water partition coefficient (Wildman–Crippen LogP) is 2.91. The number of rotatable bonds is 4. The van der Waals surface area contributed by atoms with Gasteiger partial charge in [0.25, 0.3) is 5.78 Å². The molecule has 33 heavy (non-hydrogen) atoms. The Kier molecular flexibility index (Phi) is 8.61. The van der Waals surface area contributed by atoms with E-state index in [1.54, 1.807) is 13.0 Å². The first-order chi connectivity index (χ1) is 15.8. The molecule has 0 spiro atoms. The summed E-state index contributed by atoms with van der Waals surface area (Å²) in [5, 5.41) is 14.0. The molecule has 2 aliphatic heterocycles. The van der Waals surface area contributed by atoms with Crippen molar-refractivity contribution in [3.63, 3.8) is 0 Å². The van der Waals surface area contributed by atoms with Gasteiger partial charge in [-0.3, -0.25) is 14.4 Å². The second kappa shape index (κ2) is 11.4. The summed E-state index contributed by atoms with van der Waals surface area (Å²) in [7, 11) is 0. The van der Waals surface area contributed by atoms with E-state index in [1.165, 1.54) is 18.9 Å². The molecule has 0 unspecified atom stereocenters. The van der Waals surface area contributed by atoms with Crippen LogP contribution in [0.4, 0.5) is 5.69 Å². The molecule has 3 rings (SSSR count). The van der Waals surface area contributed by atoms with Crippen molar-refractivity contribution in [1.82, 2.24) is 4.90 Å². The third-order valence-electron chi connectivity index (χ3n) is 6.64. The third kappa shape index (κ3) is 6.63. The number of likely N-dealkylation sites (tertiary alicyclic amines) is 1. The summed E-state index contributed by atoms with van der Waals surface area (Å²) in [6.07, 6.45) is 2.66. The average Bonchev–Trinajstić information content (AvgIpc) is 3.29. The average molecular weight is 459 g/mol. The summed E-state index contributed by atoms with van der Waals surface area (Å²) >= 11 is 0. The van der Waals surface area contributed by atoms with Crippen LogP contribution in [0.3, 0.4) is 0 Å². The van der Waals surface area contributed by atoms with E-state index in [0.29, 0.717) is 24.2 Å². The normalized spacial score (nSPS) is 23.7. The van der Waals surface area contributed by atoms with Crippen molar-refractivity contribution in [2.45, 2.75) is 64.9 Å². The summed E-state index contributed by atoms with van der Waals surface area (Å²) < 4.78 is 5.60. The number of ether oxygens (including phenoxy) is 1. The number of ketones is 3. The van der Waals surface area contributed by atoms with E-state index in [9.17, 15) is 24.3 Å². The first-order valence-electron chi connectivity index (χ1n) is 11.9. The van der Waals surface area contributed by atoms with Crippen LogP contribution < -0.4 is 5.32 Å². The highest BCUT2D eigenvalue weighted by molar-refractivity contribution is 6.63. The van der Waals surface area contributed by atoms with Gasteiger partial charge in [0.2, 0.25) is 11.6 Å². The van der Waals surface area contributed by atoms with Crippen LogP contribution >= 0.6 is 0 Å². The van der Waals surface area contributed by atoms with Gasteiger partial charge in [-0.25, -0.2) is 4.79 Å². The Morgan fingerprint density at radius 3 is 2.42 bits per heavy atom. The topological polar surface area (TPSA) is 113 Å². The minimum atomic E-state index is -0.954. The number of aryl methyl sites for hydroxylation is 1. The Morgan fingerprint density at radius 2 is 1.70 bits per heavy atom. The summed E-state index contributed by atoms with van der Waals surface area (Å²) in [4.78, 5) is 51.7. The van der Waals surface area contributed by atoms with Gasteiger partial charge in [-0.05, 0) is 69.7 Å². The Labute approximate surface area is 194 Å². The van der Waals surface area contributed by atoms with E-state index in [0.717, 1.165) is 19.6 Å². The molecule has 0 aromatic heterocycles. The number of cyclic esters (lactones) is 1. The number of carbonyl (C=O) groups is 4. The molecule has 1 aromatic rings. The predicted molar refractivity (Wildman–Crippen MR) is 124 cm³/mol. The largest absolute Gasteiger partial charge is 0.507 e. The Morgan fingerprint density at radius 1 is 1.00 bits per heavy atom. The van der Waals surface area contributed by atoms with E-state index < -0.39 is 29.4 Å². The highest BCUT2D eigenvalue weighted by Crippen LogP contribution is 2.30. The lowest BCUT2D eigenvalue weighted by atomic mass is 9.94. The smallest absolute Gasteiger partial charge is 0.342 e. The molecule has 1 fully saturated rings. The number of aromatic hydroxyl groups is 1. The number of fused-ring (bicyclic) bond motifs is 1. The van der Waals surface area contributed by atoms with Crippen molar-refractivity contribution < 1.29 is 29.0 Å². The lowest BCUT2D eigenvalue weighted by Crippen LogP contribution is -2.28. The van der Waals surface area contributed by atoms with Crippen LogP contribution in [-0.4, -0.2) is 65.6 Å². The Balaban J connectivity index is 1.81. The number of anilines is 1. The zero-order valence-electron chi connectivity index (χ0n) is 19.5. The quantitative estimate of drug-likeness (QED) is 0.523.